The molecule has 0 aromatic carbocycles. The van der Waals surface area contributed by atoms with Crippen LogP contribution in [0.3, 0.4) is 0 Å². The molecule has 1 aliphatic carbocycles. The van der Waals surface area contributed by atoms with E-state index < -0.39 is 5.41 Å². The van der Waals surface area contributed by atoms with Crippen molar-refractivity contribution in [3.8, 4) is 6.07 Å². The summed E-state index contributed by atoms with van der Waals surface area (Å²) in [4.78, 5) is 11.8. The molecule has 1 unspecified atom stereocenters. The van der Waals surface area contributed by atoms with Crippen molar-refractivity contribution in [1.29, 1.82) is 5.26 Å². The van der Waals surface area contributed by atoms with Crippen LogP contribution in [0.15, 0.2) is 0 Å². The zero-order chi connectivity index (χ0) is 11.5. The molecule has 0 aromatic rings. The molecule has 0 heterocycles. The number of carbonyl (C=O) groups excluding carboxylic acids is 1. The van der Waals surface area contributed by atoms with E-state index in [0.717, 1.165) is 19.3 Å². The van der Waals surface area contributed by atoms with E-state index in [2.05, 4.69) is 32.2 Å². The van der Waals surface area contributed by atoms with Crippen molar-refractivity contribution in [2.75, 3.05) is 6.54 Å². The molecule has 1 saturated carbocycles. The summed E-state index contributed by atoms with van der Waals surface area (Å²) in [5.74, 6) is 0.957. The van der Waals surface area contributed by atoms with Gasteiger partial charge in [0.05, 0.1) is 6.07 Å². The number of nitriles is 1. The molecule has 0 bridgehead atoms. The van der Waals surface area contributed by atoms with Crippen LogP contribution in [0.25, 0.3) is 0 Å². The van der Waals surface area contributed by atoms with Crippen LogP contribution < -0.4 is 5.32 Å². The zero-order valence-corrected chi connectivity index (χ0v) is 9.84. The highest BCUT2D eigenvalue weighted by molar-refractivity contribution is 5.86. The van der Waals surface area contributed by atoms with E-state index in [1.54, 1.807) is 0 Å². The summed E-state index contributed by atoms with van der Waals surface area (Å²) >= 11 is 0. The fourth-order valence-electron chi connectivity index (χ4n) is 1.58. The first kappa shape index (κ1) is 12.0. The Bertz CT molecular complexity index is 274. The molecule has 1 rings (SSSR count). The monoisotopic (exact) mass is 208 g/mol. The molecule has 3 heteroatoms. The molecule has 84 valence electrons. The molecule has 0 aliphatic heterocycles. The van der Waals surface area contributed by atoms with E-state index in [-0.39, 0.29) is 5.91 Å². The first-order valence-electron chi connectivity index (χ1n) is 5.71. The van der Waals surface area contributed by atoms with Crippen LogP contribution in [0.2, 0.25) is 0 Å². The Morgan fingerprint density at radius 3 is 2.40 bits per heavy atom. The quantitative estimate of drug-likeness (QED) is 0.769. The smallest absolute Gasteiger partial charge is 0.240 e. The van der Waals surface area contributed by atoms with Crippen molar-refractivity contribution in [2.45, 2.75) is 40.0 Å². The summed E-state index contributed by atoms with van der Waals surface area (Å²) in [5, 5.41) is 11.9. The minimum Gasteiger partial charge on any atom is -0.354 e. The highest BCUT2D eigenvalue weighted by atomic mass is 16.2. The Morgan fingerprint density at radius 2 is 2.07 bits per heavy atom. The van der Waals surface area contributed by atoms with Crippen LogP contribution in [0.4, 0.5) is 0 Å². The zero-order valence-electron chi connectivity index (χ0n) is 9.84. The molecule has 1 fully saturated rings. The van der Waals surface area contributed by atoms with Gasteiger partial charge in [-0.15, -0.1) is 0 Å². The van der Waals surface area contributed by atoms with Gasteiger partial charge in [0.2, 0.25) is 5.91 Å². The SMILES string of the molecule is CC(C)C(C)CNC(=O)C1(C#N)CCC1. The summed E-state index contributed by atoms with van der Waals surface area (Å²) in [5.41, 5.74) is -0.698. The molecule has 1 N–H and O–H groups in total. The normalized spacial score (nSPS) is 20.2. The molecule has 0 radical (unpaired) electrons. The Morgan fingerprint density at radius 1 is 1.47 bits per heavy atom. The number of carbonyl (C=O) groups is 1. The largest absolute Gasteiger partial charge is 0.354 e. The Balaban J connectivity index is 2.40. The lowest BCUT2D eigenvalue weighted by Crippen LogP contribution is -2.46. The van der Waals surface area contributed by atoms with Gasteiger partial charge in [-0.25, -0.2) is 0 Å². The van der Waals surface area contributed by atoms with Gasteiger partial charge in [-0.2, -0.15) is 5.26 Å². The number of hydrogen-bond acceptors (Lipinski definition) is 2. The van der Waals surface area contributed by atoms with E-state index in [9.17, 15) is 4.79 Å². The van der Waals surface area contributed by atoms with Gasteiger partial charge in [-0.1, -0.05) is 20.8 Å². The molecule has 0 spiro atoms. The van der Waals surface area contributed by atoms with Crippen molar-refractivity contribution >= 4 is 5.91 Å². The van der Waals surface area contributed by atoms with Gasteiger partial charge >= 0.3 is 0 Å². The molecule has 1 amide bonds. The number of rotatable bonds is 4. The molecule has 1 atom stereocenters. The van der Waals surface area contributed by atoms with Crippen LogP contribution in [0, 0.1) is 28.6 Å². The predicted octanol–water partition coefficient (Wildman–Crippen LogP) is 2.09. The lowest BCUT2D eigenvalue weighted by molar-refractivity contribution is -0.131. The van der Waals surface area contributed by atoms with Crippen LogP contribution in [0.1, 0.15) is 40.0 Å². The van der Waals surface area contributed by atoms with Gasteiger partial charge in [0.1, 0.15) is 5.41 Å². The second kappa shape index (κ2) is 4.65. The van der Waals surface area contributed by atoms with Crippen molar-refractivity contribution in [1.82, 2.24) is 5.32 Å². The standard InChI is InChI=1S/C12H20N2O/c1-9(2)10(3)7-14-11(15)12(8-13)5-4-6-12/h9-10H,4-7H2,1-3H3,(H,14,15). The van der Waals surface area contributed by atoms with Crippen LogP contribution in [-0.2, 0) is 4.79 Å². The lowest BCUT2D eigenvalue weighted by atomic mass is 9.69. The van der Waals surface area contributed by atoms with Crippen LogP contribution in [-0.4, -0.2) is 12.5 Å². The number of nitrogens with one attached hydrogen (secondary N) is 1. The first-order valence-corrected chi connectivity index (χ1v) is 5.71. The van der Waals surface area contributed by atoms with Gasteiger partial charge in [0, 0.05) is 6.54 Å². The molecule has 0 saturated heterocycles. The Hall–Kier alpha value is -1.04. The summed E-state index contributed by atoms with van der Waals surface area (Å²) in [6.07, 6.45) is 2.46. The van der Waals surface area contributed by atoms with Gasteiger partial charge in [0.25, 0.3) is 0 Å². The molecule has 15 heavy (non-hydrogen) atoms. The van der Waals surface area contributed by atoms with E-state index in [4.69, 9.17) is 5.26 Å². The van der Waals surface area contributed by atoms with E-state index in [1.165, 1.54) is 0 Å². The van der Waals surface area contributed by atoms with Gasteiger partial charge < -0.3 is 5.32 Å². The minimum atomic E-state index is -0.698. The third kappa shape index (κ3) is 2.50. The molecular formula is C12H20N2O. The fourth-order valence-corrected chi connectivity index (χ4v) is 1.58. The van der Waals surface area contributed by atoms with Crippen LogP contribution in [0.5, 0.6) is 0 Å². The lowest BCUT2D eigenvalue weighted by Gasteiger charge is -2.33. The molecule has 1 aliphatic rings. The van der Waals surface area contributed by atoms with Crippen LogP contribution >= 0.6 is 0 Å². The fraction of sp³-hybridized carbons (Fsp3) is 0.833. The number of nitrogens with zero attached hydrogens (tertiary/aromatic N) is 1. The predicted molar refractivity (Wildman–Crippen MR) is 58.9 cm³/mol. The van der Waals surface area contributed by atoms with Gasteiger partial charge in [0.15, 0.2) is 0 Å². The van der Waals surface area contributed by atoms with Crippen molar-refractivity contribution in [3.05, 3.63) is 0 Å². The molecular weight excluding hydrogens is 188 g/mol. The van der Waals surface area contributed by atoms with Crippen molar-refractivity contribution in [3.63, 3.8) is 0 Å². The second-order valence-corrected chi connectivity index (χ2v) is 4.98. The Kier molecular flexibility index (Phi) is 3.73. The number of amides is 1. The highest BCUT2D eigenvalue weighted by Gasteiger charge is 2.44. The van der Waals surface area contributed by atoms with E-state index >= 15 is 0 Å². The third-order valence-electron chi connectivity index (χ3n) is 3.58. The minimum absolute atomic E-state index is 0.0660. The summed E-state index contributed by atoms with van der Waals surface area (Å²) in [6, 6.07) is 2.16. The summed E-state index contributed by atoms with van der Waals surface area (Å²) in [6.45, 7) is 7.07. The summed E-state index contributed by atoms with van der Waals surface area (Å²) in [7, 11) is 0. The average molecular weight is 208 g/mol. The highest BCUT2D eigenvalue weighted by Crippen LogP contribution is 2.40. The third-order valence-corrected chi connectivity index (χ3v) is 3.58. The van der Waals surface area contributed by atoms with E-state index in [0.29, 0.717) is 18.4 Å². The van der Waals surface area contributed by atoms with Gasteiger partial charge in [-0.05, 0) is 31.1 Å². The second-order valence-electron chi connectivity index (χ2n) is 4.98. The first-order chi connectivity index (χ1) is 7.02. The van der Waals surface area contributed by atoms with Crippen molar-refractivity contribution in [2.24, 2.45) is 17.3 Å². The summed E-state index contributed by atoms with van der Waals surface area (Å²) < 4.78 is 0. The van der Waals surface area contributed by atoms with E-state index in [1.807, 2.05) is 0 Å². The maximum Gasteiger partial charge on any atom is 0.240 e. The average Bonchev–Trinajstić information content (AvgIpc) is 2.13. The molecule has 0 aromatic heterocycles. The van der Waals surface area contributed by atoms with Gasteiger partial charge in [-0.3, -0.25) is 4.79 Å². The van der Waals surface area contributed by atoms with Crippen molar-refractivity contribution < 1.29 is 4.79 Å². The maximum atomic E-state index is 11.8. The number of hydrogen-bond donors (Lipinski definition) is 1. The molecule has 3 nitrogen and oxygen atoms in total. The maximum absolute atomic E-state index is 11.8. The topological polar surface area (TPSA) is 52.9 Å². The Labute approximate surface area is 91.9 Å².